The first-order valence-electron chi connectivity index (χ1n) is 4.07. The summed E-state index contributed by atoms with van der Waals surface area (Å²) in [5.41, 5.74) is 6.55. The largest absolute Gasteiger partial charge is 0.330 e. The summed E-state index contributed by atoms with van der Waals surface area (Å²) in [6.45, 7) is 2.89. The lowest BCUT2D eigenvalue weighted by Gasteiger charge is -2.08. The van der Waals surface area contributed by atoms with Crippen LogP contribution >= 0.6 is 45.7 Å². The van der Waals surface area contributed by atoms with Gasteiger partial charge in [0.15, 0.2) is 0 Å². The van der Waals surface area contributed by atoms with Gasteiger partial charge in [-0.25, -0.2) is 0 Å². The minimum Gasteiger partial charge on any atom is -0.330 e. The molecule has 0 amide bonds. The number of hydrogen-bond donors (Lipinski definition) is 1. The SMILES string of the molecule is Br.Br.CC(SCCN)c1ccccn1. The van der Waals surface area contributed by atoms with Crippen LogP contribution in [0.25, 0.3) is 0 Å². The number of pyridine rings is 1. The highest BCUT2D eigenvalue weighted by Gasteiger charge is 2.04. The number of thioether (sulfide) groups is 1. The van der Waals surface area contributed by atoms with Crippen molar-refractivity contribution in [3.8, 4) is 0 Å². The molecule has 0 aromatic carbocycles. The molecule has 0 aliphatic heterocycles. The maximum Gasteiger partial charge on any atom is 0.0530 e. The molecule has 1 atom stereocenters. The van der Waals surface area contributed by atoms with Gasteiger partial charge in [-0.2, -0.15) is 11.8 Å². The molecule has 1 unspecified atom stereocenters. The van der Waals surface area contributed by atoms with Crippen molar-refractivity contribution in [3.05, 3.63) is 30.1 Å². The van der Waals surface area contributed by atoms with Gasteiger partial charge in [-0.15, -0.1) is 34.0 Å². The Morgan fingerprint density at radius 2 is 2.14 bits per heavy atom. The van der Waals surface area contributed by atoms with Crippen LogP contribution in [-0.4, -0.2) is 17.3 Å². The highest BCUT2D eigenvalue weighted by molar-refractivity contribution is 8.93. The monoisotopic (exact) mass is 342 g/mol. The van der Waals surface area contributed by atoms with Crippen LogP contribution in [-0.2, 0) is 0 Å². The Bertz CT molecular complexity index is 221. The Labute approximate surface area is 111 Å². The van der Waals surface area contributed by atoms with E-state index in [1.807, 2.05) is 36.2 Å². The van der Waals surface area contributed by atoms with E-state index in [0.29, 0.717) is 5.25 Å². The molecule has 1 aromatic heterocycles. The van der Waals surface area contributed by atoms with Crippen LogP contribution in [0.3, 0.4) is 0 Å². The van der Waals surface area contributed by atoms with E-state index in [1.54, 1.807) is 0 Å². The molecule has 82 valence electrons. The molecule has 0 aliphatic rings. The molecular weight excluding hydrogens is 328 g/mol. The van der Waals surface area contributed by atoms with Gasteiger partial charge < -0.3 is 5.73 Å². The lowest BCUT2D eigenvalue weighted by molar-refractivity contribution is 1.00. The van der Waals surface area contributed by atoms with Crippen molar-refractivity contribution in [2.75, 3.05) is 12.3 Å². The van der Waals surface area contributed by atoms with Gasteiger partial charge in [0.1, 0.15) is 0 Å². The quantitative estimate of drug-likeness (QED) is 0.913. The molecule has 5 heteroatoms. The average Bonchev–Trinajstić information content (AvgIpc) is 2.15. The third kappa shape index (κ3) is 6.01. The molecule has 0 spiro atoms. The summed E-state index contributed by atoms with van der Waals surface area (Å²) in [6.07, 6.45) is 1.83. The molecule has 1 aromatic rings. The third-order valence-electron chi connectivity index (χ3n) is 1.59. The van der Waals surface area contributed by atoms with Gasteiger partial charge >= 0.3 is 0 Å². The Hall–Kier alpha value is 0.420. The van der Waals surface area contributed by atoms with Crippen LogP contribution in [0.1, 0.15) is 17.9 Å². The van der Waals surface area contributed by atoms with E-state index in [0.717, 1.165) is 18.0 Å². The number of halogens is 2. The predicted molar refractivity (Wildman–Crippen MR) is 74.8 cm³/mol. The van der Waals surface area contributed by atoms with Crippen molar-refractivity contribution in [2.24, 2.45) is 5.73 Å². The topological polar surface area (TPSA) is 38.9 Å². The van der Waals surface area contributed by atoms with E-state index in [4.69, 9.17) is 5.73 Å². The minimum absolute atomic E-state index is 0. The van der Waals surface area contributed by atoms with Crippen LogP contribution in [0.5, 0.6) is 0 Å². The van der Waals surface area contributed by atoms with Crippen molar-refractivity contribution in [3.63, 3.8) is 0 Å². The molecule has 1 rings (SSSR count). The van der Waals surface area contributed by atoms with E-state index in [1.165, 1.54) is 0 Å². The van der Waals surface area contributed by atoms with Crippen LogP contribution in [0, 0.1) is 0 Å². The summed E-state index contributed by atoms with van der Waals surface area (Å²) < 4.78 is 0. The fraction of sp³-hybridized carbons (Fsp3) is 0.444. The van der Waals surface area contributed by atoms with Gasteiger partial charge in [0.25, 0.3) is 0 Å². The van der Waals surface area contributed by atoms with Crippen LogP contribution in [0.15, 0.2) is 24.4 Å². The zero-order chi connectivity index (χ0) is 8.81. The lowest BCUT2D eigenvalue weighted by atomic mass is 10.3. The summed E-state index contributed by atoms with van der Waals surface area (Å²) in [7, 11) is 0. The molecule has 2 N–H and O–H groups in total. The summed E-state index contributed by atoms with van der Waals surface area (Å²) in [5, 5.41) is 0.453. The second-order valence-corrected chi connectivity index (χ2v) is 4.00. The van der Waals surface area contributed by atoms with Crippen molar-refractivity contribution < 1.29 is 0 Å². The van der Waals surface area contributed by atoms with Gasteiger partial charge in [0, 0.05) is 23.7 Å². The minimum atomic E-state index is 0. The van der Waals surface area contributed by atoms with Crippen LogP contribution < -0.4 is 5.73 Å². The molecule has 14 heavy (non-hydrogen) atoms. The molecule has 0 aliphatic carbocycles. The van der Waals surface area contributed by atoms with Gasteiger partial charge in [-0.3, -0.25) is 4.98 Å². The highest BCUT2D eigenvalue weighted by Crippen LogP contribution is 2.25. The molecule has 0 fully saturated rings. The zero-order valence-corrected chi connectivity index (χ0v) is 12.3. The van der Waals surface area contributed by atoms with E-state index < -0.39 is 0 Å². The predicted octanol–water partition coefficient (Wildman–Crippen LogP) is 2.99. The molecule has 2 nitrogen and oxygen atoms in total. The van der Waals surface area contributed by atoms with Gasteiger partial charge in [0.2, 0.25) is 0 Å². The summed E-state index contributed by atoms with van der Waals surface area (Å²) >= 11 is 1.84. The van der Waals surface area contributed by atoms with Crippen molar-refractivity contribution in [2.45, 2.75) is 12.2 Å². The van der Waals surface area contributed by atoms with E-state index in [9.17, 15) is 0 Å². The maximum absolute atomic E-state index is 5.41. The van der Waals surface area contributed by atoms with Crippen molar-refractivity contribution >= 4 is 45.7 Å². The normalized spacial score (nSPS) is 11.0. The third-order valence-corrected chi connectivity index (χ3v) is 2.80. The second kappa shape index (κ2) is 9.96. The Morgan fingerprint density at radius 3 is 2.64 bits per heavy atom. The van der Waals surface area contributed by atoms with Gasteiger partial charge in [0.05, 0.1) is 5.69 Å². The van der Waals surface area contributed by atoms with Crippen LogP contribution in [0.2, 0.25) is 0 Å². The first-order valence-corrected chi connectivity index (χ1v) is 5.12. The summed E-state index contributed by atoms with van der Waals surface area (Å²) in [4.78, 5) is 4.27. The second-order valence-electron chi connectivity index (χ2n) is 2.56. The Morgan fingerprint density at radius 1 is 1.43 bits per heavy atom. The van der Waals surface area contributed by atoms with E-state index in [-0.39, 0.29) is 34.0 Å². The number of rotatable bonds is 4. The number of nitrogens with zero attached hydrogens (tertiary/aromatic N) is 1. The summed E-state index contributed by atoms with van der Waals surface area (Å²) in [6, 6.07) is 6.00. The maximum atomic E-state index is 5.41. The van der Waals surface area contributed by atoms with Gasteiger partial charge in [-0.1, -0.05) is 6.07 Å². The lowest BCUT2D eigenvalue weighted by Crippen LogP contribution is -2.03. The van der Waals surface area contributed by atoms with Crippen LogP contribution in [0.4, 0.5) is 0 Å². The van der Waals surface area contributed by atoms with E-state index in [2.05, 4.69) is 11.9 Å². The standard InChI is InChI=1S/C9H14N2S.2BrH/c1-8(12-7-5-10)9-4-2-3-6-11-9;;/h2-4,6,8H,5,7,10H2,1H3;2*1H. The number of hydrogen-bond acceptors (Lipinski definition) is 3. The number of nitrogens with two attached hydrogens (primary N) is 1. The summed E-state index contributed by atoms with van der Waals surface area (Å²) in [5.74, 6) is 0.998. The molecular formula is C9H16Br2N2S. The van der Waals surface area contributed by atoms with E-state index >= 15 is 0 Å². The smallest absolute Gasteiger partial charge is 0.0530 e. The molecule has 0 bridgehead atoms. The van der Waals surface area contributed by atoms with Crippen molar-refractivity contribution in [1.82, 2.24) is 4.98 Å². The first-order chi connectivity index (χ1) is 5.84. The average molecular weight is 344 g/mol. The molecule has 0 saturated heterocycles. The highest BCUT2D eigenvalue weighted by atomic mass is 79.9. The molecule has 1 heterocycles. The fourth-order valence-corrected chi connectivity index (χ4v) is 1.75. The molecule has 0 saturated carbocycles. The molecule has 0 radical (unpaired) electrons. The van der Waals surface area contributed by atoms with Crippen molar-refractivity contribution in [1.29, 1.82) is 0 Å². The Kier molecular flexibility index (Phi) is 12.0. The van der Waals surface area contributed by atoms with Gasteiger partial charge in [-0.05, 0) is 19.1 Å². The number of aromatic nitrogens is 1. The zero-order valence-electron chi connectivity index (χ0n) is 8.05. The Balaban J connectivity index is 0. The first kappa shape index (κ1) is 16.8. The fourth-order valence-electron chi connectivity index (χ4n) is 0.947.